The Morgan fingerprint density at radius 1 is 1.43 bits per heavy atom. The maximum atomic E-state index is 12.5. The van der Waals surface area contributed by atoms with Gasteiger partial charge in [0.25, 0.3) is 0 Å². The average Bonchev–Trinajstić information content (AvgIpc) is 3.26. The molecule has 1 aromatic carbocycles. The van der Waals surface area contributed by atoms with Gasteiger partial charge in [-0.1, -0.05) is 41.6 Å². The van der Waals surface area contributed by atoms with E-state index >= 15 is 0 Å². The number of nitrogens with one attached hydrogen (secondary N) is 1. The fourth-order valence-corrected chi connectivity index (χ4v) is 6.98. The van der Waals surface area contributed by atoms with Crippen LogP contribution in [0.2, 0.25) is 5.02 Å². The number of carbonyl (C=O) groups excluding carboxylic acids is 1. The highest BCUT2D eigenvalue weighted by atomic mass is 35.5. The van der Waals surface area contributed by atoms with E-state index in [0.29, 0.717) is 29.8 Å². The van der Waals surface area contributed by atoms with Gasteiger partial charge in [0.15, 0.2) is 8.29 Å². The molecule has 154 valence electrons. The smallest absolute Gasteiger partial charge is 0.235 e. The summed E-state index contributed by atoms with van der Waals surface area (Å²) in [6, 6.07) is 9.55. The molecule has 0 bridgehead atoms. The van der Waals surface area contributed by atoms with E-state index < -0.39 is 0 Å². The molecule has 1 amide bonds. The number of benzene rings is 1. The number of thiophene rings is 1. The van der Waals surface area contributed by atoms with Crippen LogP contribution in [-0.4, -0.2) is 21.4 Å². The first-order valence-electron chi connectivity index (χ1n) is 9.28. The lowest BCUT2D eigenvalue weighted by Gasteiger charge is -2.17. The van der Waals surface area contributed by atoms with Crippen molar-refractivity contribution in [1.29, 1.82) is 5.26 Å². The second kappa shape index (κ2) is 9.20. The molecule has 0 saturated heterocycles. The summed E-state index contributed by atoms with van der Waals surface area (Å²) in [5.74, 6) is 0.668. The summed E-state index contributed by atoms with van der Waals surface area (Å²) in [4.78, 5) is 13.8. The lowest BCUT2D eigenvalue weighted by Crippen LogP contribution is -2.14. The molecule has 10 heteroatoms. The van der Waals surface area contributed by atoms with Crippen molar-refractivity contribution in [2.75, 3.05) is 11.1 Å². The van der Waals surface area contributed by atoms with E-state index in [2.05, 4.69) is 23.4 Å². The van der Waals surface area contributed by atoms with E-state index in [1.54, 1.807) is 16.8 Å². The molecule has 1 aliphatic rings. The molecule has 0 saturated carbocycles. The maximum Gasteiger partial charge on any atom is 0.235 e. The summed E-state index contributed by atoms with van der Waals surface area (Å²) >= 11 is 15.6. The van der Waals surface area contributed by atoms with E-state index in [0.717, 1.165) is 30.5 Å². The Labute approximate surface area is 196 Å². The highest BCUT2D eigenvalue weighted by Gasteiger charge is 2.24. The number of amides is 1. The molecule has 5 nitrogen and oxygen atoms in total. The Morgan fingerprint density at radius 2 is 2.20 bits per heavy atom. The van der Waals surface area contributed by atoms with E-state index in [1.807, 2.05) is 12.1 Å². The van der Waals surface area contributed by atoms with Gasteiger partial charge in [-0.2, -0.15) is 5.26 Å². The average molecular weight is 493 g/mol. The summed E-state index contributed by atoms with van der Waals surface area (Å²) in [5, 5.41) is 18.3. The molecule has 0 unspecified atom stereocenters. The number of nitriles is 1. The number of thioether (sulfide) groups is 1. The number of hydrogen-bond acceptors (Lipinski definition) is 7. The Morgan fingerprint density at radius 3 is 2.93 bits per heavy atom. The molecule has 1 atom stereocenters. The van der Waals surface area contributed by atoms with Crippen LogP contribution in [0.15, 0.2) is 28.6 Å². The van der Waals surface area contributed by atoms with Crippen LogP contribution in [0.25, 0.3) is 5.69 Å². The minimum absolute atomic E-state index is 0.151. The first kappa shape index (κ1) is 21.5. The van der Waals surface area contributed by atoms with Crippen molar-refractivity contribution in [1.82, 2.24) is 9.78 Å². The lowest BCUT2D eigenvalue weighted by molar-refractivity contribution is -0.113. The molecule has 30 heavy (non-hydrogen) atoms. The number of carbonyl (C=O) groups is 1. The zero-order chi connectivity index (χ0) is 21.3. The van der Waals surface area contributed by atoms with Crippen molar-refractivity contribution in [2.45, 2.75) is 30.5 Å². The van der Waals surface area contributed by atoms with Crippen molar-refractivity contribution in [3.63, 3.8) is 0 Å². The van der Waals surface area contributed by atoms with Gasteiger partial charge in [-0.3, -0.25) is 4.79 Å². The quantitative estimate of drug-likeness (QED) is 0.344. The summed E-state index contributed by atoms with van der Waals surface area (Å²) in [5.41, 5.74) is 2.57. The van der Waals surface area contributed by atoms with Crippen LogP contribution >= 0.6 is 58.3 Å². The van der Waals surface area contributed by atoms with E-state index in [4.69, 9.17) is 23.8 Å². The first-order chi connectivity index (χ1) is 14.4. The first-order valence-corrected chi connectivity index (χ1v) is 12.7. The van der Waals surface area contributed by atoms with Crippen molar-refractivity contribution in [2.24, 2.45) is 5.92 Å². The molecular formula is C20H17ClN4OS4. The van der Waals surface area contributed by atoms with Crippen LogP contribution in [0.5, 0.6) is 0 Å². The third kappa shape index (κ3) is 4.63. The summed E-state index contributed by atoms with van der Waals surface area (Å²) in [7, 11) is 0. The van der Waals surface area contributed by atoms with Crippen molar-refractivity contribution >= 4 is 69.2 Å². The van der Waals surface area contributed by atoms with Crippen LogP contribution in [0.3, 0.4) is 0 Å². The number of rotatable bonds is 5. The molecule has 3 aromatic rings. The number of anilines is 1. The van der Waals surface area contributed by atoms with Crippen LogP contribution < -0.4 is 5.32 Å². The van der Waals surface area contributed by atoms with Gasteiger partial charge in [-0.05, 0) is 67.2 Å². The Balaban J connectivity index is 1.43. The lowest BCUT2D eigenvalue weighted by atomic mass is 9.89. The minimum Gasteiger partial charge on any atom is -0.316 e. The zero-order valence-electron chi connectivity index (χ0n) is 16.0. The molecule has 0 aliphatic heterocycles. The summed E-state index contributed by atoms with van der Waals surface area (Å²) < 4.78 is 2.98. The van der Waals surface area contributed by atoms with E-state index in [1.165, 1.54) is 39.3 Å². The Bertz CT molecular complexity index is 1190. The van der Waals surface area contributed by atoms with Gasteiger partial charge < -0.3 is 5.32 Å². The van der Waals surface area contributed by atoms with Gasteiger partial charge in [0.05, 0.1) is 17.0 Å². The maximum absolute atomic E-state index is 12.5. The Hall–Kier alpha value is -1.70. The number of nitrogens with zero attached hydrogens (tertiary/aromatic N) is 3. The third-order valence-corrected chi connectivity index (χ3v) is 8.59. The van der Waals surface area contributed by atoms with Crippen molar-refractivity contribution in [3.8, 4) is 11.8 Å². The predicted octanol–water partition coefficient (Wildman–Crippen LogP) is 6.11. The SMILES string of the molecule is C[C@H]1CCc2c(sc(NC(=O)CSc3nn(-c4ccc(Cl)cc4)c(=S)s3)c2C#N)C1. The van der Waals surface area contributed by atoms with Gasteiger partial charge in [0, 0.05) is 9.90 Å². The second-order valence-electron chi connectivity index (χ2n) is 7.03. The van der Waals surface area contributed by atoms with Gasteiger partial charge in [-0.25, -0.2) is 4.68 Å². The molecule has 0 fully saturated rings. The van der Waals surface area contributed by atoms with Crippen molar-refractivity contribution < 1.29 is 4.79 Å². The monoisotopic (exact) mass is 492 g/mol. The molecule has 0 spiro atoms. The highest BCUT2D eigenvalue weighted by molar-refractivity contribution is 8.01. The minimum atomic E-state index is -0.151. The van der Waals surface area contributed by atoms with Gasteiger partial charge >= 0.3 is 0 Å². The van der Waals surface area contributed by atoms with E-state index in [9.17, 15) is 10.1 Å². The standard InChI is InChI=1S/C20H17ClN4OS4/c1-11-2-7-14-15(9-22)18(29-16(14)8-11)23-17(26)10-28-19-24-25(20(27)30-19)13-5-3-12(21)4-6-13/h3-6,11H,2,7-8,10H2,1H3,(H,23,26)/t11-/m0/s1. The molecule has 1 aliphatic carbocycles. The predicted molar refractivity (Wildman–Crippen MR) is 127 cm³/mol. The number of hydrogen-bond donors (Lipinski definition) is 1. The Kier molecular flexibility index (Phi) is 6.60. The number of aromatic nitrogens is 2. The number of halogens is 1. The molecule has 2 aromatic heterocycles. The van der Waals surface area contributed by atoms with E-state index in [-0.39, 0.29) is 11.7 Å². The molecular weight excluding hydrogens is 476 g/mol. The van der Waals surface area contributed by atoms with Crippen LogP contribution in [0.4, 0.5) is 5.00 Å². The van der Waals surface area contributed by atoms with Crippen LogP contribution in [0.1, 0.15) is 29.3 Å². The fourth-order valence-electron chi connectivity index (χ4n) is 3.31. The highest BCUT2D eigenvalue weighted by Crippen LogP contribution is 2.39. The normalized spacial score (nSPS) is 15.4. The van der Waals surface area contributed by atoms with Gasteiger partial charge in [0.1, 0.15) is 11.1 Å². The molecule has 0 radical (unpaired) electrons. The van der Waals surface area contributed by atoms with Crippen molar-refractivity contribution in [3.05, 3.63) is 49.2 Å². The second-order valence-corrected chi connectivity index (χ2v) is 11.4. The fraction of sp³-hybridized carbons (Fsp3) is 0.300. The summed E-state index contributed by atoms with van der Waals surface area (Å²) in [6.07, 6.45) is 2.97. The third-order valence-electron chi connectivity index (χ3n) is 4.80. The largest absolute Gasteiger partial charge is 0.316 e. The zero-order valence-corrected chi connectivity index (χ0v) is 20.0. The van der Waals surface area contributed by atoms with Gasteiger partial charge in [-0.15, -0.1) is 16.4 Å². The molecule has 2 heterocycles. The van der Waals surface area contributed by atoms with Crippen LogP contribution in [0, 0.1) is 21.2 Å². The topological polar surface area (TPSA) is 70.7 Å². The molecule has 1 N–H and O–H groups in total. The van der Waals surface area contributed by atoms with Gasteiger partial charge in [0.2, 0.25) is 5.91 Å². The number of fused-ring (bicyclic) bond motifs is 1. The summed E-state index contributed by atoms with van der Waals surface area (Å²) in [6.45, 7) is 2.22. The molecule has 4 rings (SSSR count). The van der Waals surface area contributed by atoms with Crippen LogP contribution in [-0.2, 0) is 17.6 Å².